The molecule has 7 heteroatoms. The Balaban J connectivity index is 1.93. The van der Waals surface area contributed by atoms with Gasteiger partial charge in [-0.25, -0.2) is 4.31 Å². The van der Waals surface area contributed by atoms with Gasteiger partial charge in [0, 0.05) is 33.8 Å². The maximum Gasteiger partial charge on any atom is 0.315 e. The first-order chi connectivity index (χ1) is 15.6. The molecule has 1 aliphatic rings. The number of hydrogen-bond acceptors (Lipinski definition) is 7. The molecule has 0 fully saturated rings. The highest BCUT2D eigenvalue weighted by molar-refractivity contribution is 7.99. The van der Waals surface area contributed by atoms with Crippen molar-refractivity contribution in [3.8, 4) is 0 Å². The number of hydrogen-bond donors (Lipinski definition) is 0. The van der Waals surface area contributed by atoms with Gasteiger partial charge < -0.3 is 9.64 Å². The zero-order valence-electron chi connectivity index (χ0n) is 19.5. The number of carbonyl (C=O) groups is 1. The van der Waals surface area contributed by atoms with Gasteiger partial charge in [0.25, 0.3) is 0 Å². The van der Waals surface area contributed by atoms with Crippen molar-refractivity contribution in [3.63, 3.8) is 0 Å². The number of nitrogens with zero attached hydrogens (tertiary/aromatic N) is 2. The molecule has 0 bridgehead atoms. The zero-order chi connectivity index (χ0) is 22.9. The van der Waals surface area contributed by atoms with Gasteiger partial charge in [-0.15, -0.1) is 23.5 Å². The molecule has 0 unspecified atom stereocenters. The number of ether oxygens (including phenoxy) is 1. The molecule has 0 aliphatic carbocycles. The lowest BCUT2D eigenvalue weighted by Crippen LogP contribution is -2.35. The van der Waals surface area contributed by atoms with Gasteiger partial charge in [-0.2, -0.15) is 0 Å². The van der Waals surface area contributed by atoms with Crippen LogP contribution >= 0.6 is 35.5 Å². The second kappa shape index (κ2) is 12.8. The van der Waals surface area contributed by atoms with Crippen molar-refractivity contribution in [2.75, 3.05) is 37.1 Å². The van der Waals surface area contributed by atoms with E-state index in [1.807, 2.05) is 18.9 Å². The molecule has 1 atom stereocenters. The Morgan fingerprint density at radius 2 is 2.00 bits per heavy atom. The smallest absolute Gasteiger partial charge is 0.315 e. The fourth-order valence-electron chi connectivity index (χ4n) is 3.84. The van der Waals surface area contributed by atoms with E-state index in [0.717, 1.165) is 12.3 Å². The number of thioether (sulfide) groups is 2. The molecular formula is C25H34N2O2S3. The van der Waals surface area contributed by atoms with E-state index in [1.165, 1.54) is 46.0 Å². The first kappa shape index (κ1) is 25.3. The lowest BCUT2D eigenvalue weighted by Gasteiger charge is -2.30. The number of esters is 1. The summed E-state index contributed by atoms with van der Waals surface area (Å²) in [6.45, 7) is 5.52. The zero-order valence-corrected chi connectivity index (χ0v) is 22.0. The monoisotopic (exact) mass is 490 g/mol. The van der Waals surface area contributed by atoms with Crippen molar-refractivity contribution < 1.29 is 9.53 Å². The van der Waals surface area contributed by atoms with E-state index in [1.54, 1.807) is 23.5 Å². The summed E-state index contributed by atoms with van der Waals surface area (Å²) >= 11 is 5.26. The molecule has 0 radical (unpaired) electrons. The van der Waals surface area contributed by atoms with Gasteiger partial charge in [0.2, 0.25) is 0 Å². The summed E-state index contributed by atoms with van der Waals surface area (Å²) in [5.74, 6) is 1.05. The van der Waals surface area contributed by atoms with Crippen LogP contribution in [0.2, 0.25) is 0 Å². The summed E-state index contributed by atoms with van der Waals surface area (Å²) < 4.78 is 7.52. The van der Waals surface area contributed by atoms with Crippen LogP contribution in [0.3, 0.4) is 0 Å². The molecule has 2 aromatic rings. The number of para-hydroxylation sites is 1. The normalized spacial score (nSPS) is 16.5. The van der Waals surface area contributed by atoms with Crippen LogP contribution in [0.25, 0.3) is 0 Å². The molecule has 0 aromatic heterocycles. The maximum atomic E-state index is 11.8. The molecule has 3 rings (SSSR count). The maximum absolute atomic E-state index is 11.8. The first-order valence-corrected chi connectivity index (χ1v) is 14.4. The Hall–Kier alpha value is -1.28. The summed E-state index contributed by atoms with van der Waals surface area (Å²) in [5, 5.41) is 0. The minimum absolute atomic E-state index is 0.138. The number of anilines is 2. The summed E-state index contributed by atoms with van der Waals surface area (Å²) in [7, 11) is 2.22. The van der Waals surface area contributed by atoms with Crippen LogP contribution in [0.1, 0.15) is 38.7 Å². The van der Waals surface area contributed by atoms with Crippen molar-refractivity contribution in [2.45, 2.75) is 54.7 Å². The van der Waals surface area contributed by atoms with E-state index in [9.17, 15) is 4.79 Å². The average molecular weight is 491 g/mol. The molecule has 2 aromatic carbocycles. The largest absolute Gasteiger partial charge is 0.465 e. The van der Waals surface area contributed by atoms with Crippen molar-refractivity contribution in [1.29, 1.82) is 0 Å². The molecule has 174 valence electrons. The molecule has 0 saturated heterocycles. The van der Waals surface area contributed by atoms with Gasteiger partial charge in [-0.1, -0.05) is 38.0 Å². The molecule has 0 spiro atoms. The van der Waals surface area contributed by atoms with Crippen LogP contribution in [0.5, 0.6) is 0 Å². The fourth-order valence-corrected chi connectivity index (χ4v) is 6.46. The Morgan fingerprint density at radius 3 is 2.69 bits per heavy atom. The number of rotatable bonds is 10. The van der Waals surface area contributed by atoms with E-state index in [4.69, 9.17) is 4.74 Å². The first-order valence-electron chi connectivity index (χ1n) is 11.2. The summed E-state index contributed by atoms with van der Waals surface area (Å²) in [5.41, 5.74) is 3.80. The van der Waals surface area contributed by atoms with Crippen LogP contribution in [-0.2, 0) is 15.3 Å². The van der Waals surface area contributed by atoms with Crippen LogP contribution in [0.15, 0.2) is 52.3 Å². The van der Waals surface area contributed by atoms with Gasteiger partial charge in [0.15, 0.2) is 0 Å². The Kier molecular flexibility index (Phi) is 10.2. The highest BCUT2D eigenvalue weighted by Gasteiger charge is 2.28. The Morgan fingerprint density at radius 1 is 1.22 bits per heavy atom. The standard InChI is InChI=1S/C25H34N2O2S3/c1-5-7-11-21-16-27(20-12-9-8-10-13-20)22-15-23(30-4)19(14-24(22)32-26(21)3)17-31-18-25(28)29-6-2/h8-10,12-15,21H,5-7,11,16-18H2,1-4H3/t21-/m0/s1. The topological polar surface area (TPSA) is 32.8 Å². The molecule has 0 amide bonds. The van der Waals surface area contributed by atoms with Crippen molar-refractivity contribution in [2.24, 2.45) is 0 Å². The van der Waals surface area contributed by atoms with Crippen LogP contribution in [0, 0.1) is 0 Å². The third-order valence-corrected chi connectivity index (χ3v) is 8.43. The lowest BCUT2D eigenvalue weighted by atomic mass is 10.1. The molecule has 32 heavy (non-hydrogen) atoms. The summed E-state index contributed by atoms with van der Waals surface area (Å²) in [4.78, 5) is 16.8. The number of carbonyl (C=O) groups excluding carboxylic acids is 1. The number of likely N-dealkylation sites (N-methyl/N-ethyl adjacent to an activating group) is 1. The minimum atomic E-state index is -0.138. The second-order valence-electron chi connectivity index (χ2n) is 7.81. The predicted octanol–water partition coefficient (Wildman–Crippen LogP) is 6.85. The van der Waals surface area contributed by atoms with E-state index >= 15 is 0 Å². The molecule has 1 aliphatic heterocycles. The molecular weight excluding hydrogens is 456 g/mol. The summed E-state index contributed by atoms with van der Waals surface area (Å²) in [6.07, 6.45) is 5.77. The average Bonchev–Trinajstić information content (AvgIpc) is 2.93. The summed E-state index contributed by atoms with van der Waals surface area (Å²) in [6, 6.07) is 15.9. The predicted molar refractivity (Wildman–Crippen MR) is 141 cm³/mol. The van der Waals surface area contributed by atoms with Gasteiger partial charge in [-0.3, -0.25) is 4.79 Å². The van der Waals surface area contributed by atoms with Gasteiger partial charge >= 0.3 is 5.97 Å². The SMILES string of the molecule is CCCC[C@H]1CN(c2ccccc2)c2cc(SC)c(CSCC(=O)OCC)cc2SN1C. The molecule has 0 saturated carbocycles. The minimum Gasteiger partial charge on any atom is -0.465 e. The number of benzene rings is 2. The second-order valence-corrected chi connectivity index (χ2v) is 10.8. The van der Waals surface area contributed by atoms with Gasteiger partial charge in [-0.05, 0) is 68.4 Å². The molecule has 1 heterocycles. The van der Waals surface area contributed by atoms with Gasteiger partial charge in [0.1, 0.15) is 0 Å². The van der Waals surface area contributed by atoms with Crippen molar-refractivity contribution in [3.05, 3.63) is 48.0 Å². The van der Waals surface area contributed by atoms with Gasteiger partial charge in [0.05, 0.1) is 18.0 Å². The molecule has 4 nitrogen and oxygen atoms in total. The highest BCUT2D eigenvalue weighted by Crippen LogP contribution is 2.44. The third kappa shape index (κ3) is 6.62. The Labute approximate surface area is 206 Å². The molecule has 0 N–H and O–H groups in total. The van der Waals surface area contributed by atoms with Crippen LogP contribution in [-0.4, -0.2) is 48.5 Å². The quantitative estimate of drug-likeness (QED) is 0.204. The van der Waals surface area contributed by atoms with E-state index in [2.05, 4.69) is 71.9 Å². The number of fused-ring (bicyclic) bond motifs is 1. The van der Waals surface area contributed by atoms with E-state index < -0.39 is 0 Å². The van der Waals surface area contributed by atoms with E-state index in [0.29, 0.717) is 18.4 Å². The third-order valence-electron chi connectivity index (χ3n) is 5.54. The number of unbranched alkanes of at least 4 members (excludes halogenated alkanes) is 1. The van der Waals surface area contributed by atoms with Crippen LogP contribution in [0.4, 0.5) is 11.4 Å². The fraction of sp³-hybridized carbons (Fsp3) is 0.480. The van der Waals surface area contributed by atoms with Crippen LogP contribution < -0.4 is 4.90 Å². The van der Waals surface area contributed by atoms with E-state index in [-0.39, 0.29) is 5.97 Å². The van der Waals surface area contributed by atoms with Crippen molar-refractivity contribution >= 4 is 52.8 Å². The Bertz CT molecular complexity index is 879. The highest BCUT2D eigenvalue weighted by atomic mass is 32.2. The van der Waals surface area contributed by atoms with Crippen molar-refractivity contribution in [1.82, 2.24) is 4.31 Å². The lowest BCUT2D eigenvalue weighted by molar-refractivity contribution is -0.139.